The first kappa shape index (κ1) is 62.0. The lowest BCUT2D eigenvalue weighted by Gasteiger charge is -2.43. The van der Waals surface area contributed by atoms with Crippen LogP contribution in [0.25, 0.3) is 0 Å². The molecule has 4 aliphatic carbocycles. The second kappa shape index (κ2) is 24.3. The Bertz CT molecular complexity index is 3260. The van der Waals surface area contributed by atoms with Crippen LogP contribution in [0.2, 0.25) is 0 Å². The van der Waals surface area contributed by atoms with E-state index in [4.69, 9.17) is 39.9 Å². The van der Waals surface area contributed by atoms with Crippen molar-refractivity contribution in [3.8, 4) is 34.5 Å². The molecule has 0 saturated carbocycles. The van der Waals surface area contributed by atoms with E-state index in [0.29, 0.717) is 0 Å². The van der Waals surface area contributed by atoms with Crippen molar-refractivity contribution >= 4 is 34.6 Å². The predicted octanol–water partition coefficient (Wildman–Crippen LogP) is -0.912. The molecule has 2 saturated heterocycles. The third kappa shape index (κ3) is 10.8. The third-order valence-electron chi connectivity index (χ3n) is 15.9. The number of rotatable bonds is 11. The van der Waals surface area contributed by atoms with Gasteiger partial charge in [0.15, 0.2) is 29.9 Å². The molecule has 27 heteroatoms. The number of phenolic OH excluding ortho intramolecular Hbond substituents is 4. The van der Waals surface area contributed by atoms with Crippen LogP contribution in [0.1, 0.15) is 138 Å². The summed E-state index contributed by atoms with van der Waals surface area (Å²) in [7, 11) is 5.79. The molecule has 0 bridgehead atoms. The average molecular weight is 1160 g/mol. The first-order valence-corrected chi connectivity index (χ1v) is 26.4. The summed E-state index contributed by atoms with van der Waals surface area (Å²) in [5.74, 6) is -1.71. The highest BCUT2D eigenvalue weighted by molar-refractivity contribution is 6.32. The molecule has 2 aliphatic heterocycles. The molecule has 12 atom stereocenters. The maximum absolute atomic E-state index is 13.8. The number of hydrazone groups is 1. The topological polar surface area (TPSA) is 458 Å². The lowest BCUT2D eigenvalue weighted by atomic mass is 9.71. The molecule has 83 heavy (non-hydrogen) atoms. The molecule has 6 aliphatic rings. The molecule has 2 fully saturated rings. The molecule has 0 aromatic heterocycles. The van der Waals surface area contributed by atoms with Gasteiger partial charge in [-0.25, -0.2) is 0 Å². The number of benzene rings is 4. The van der Waals surface area contributed by atoms with E-state index in [9.17, 15) is 75.0 Å². The Balaban J connectivity index is 0.000000207. The summed E-state index contributed by atoms with van der Waals surface area (Å²) in [5.41, 5.74) is 10.2. The van der Waals surface area contributed by atoms with Crippen LogP contribution in [0, 0.1) is 0 Å². The molecule has 448 valence electrons. The minimum atomic E-state index is -2.24. The highest BCUT2D eigenvalue weighted by Gasteiger charge is 2.52. The second-order valence-electron chi connectivity index (χ2n) is 21.0. The minimum absolute atomic E-state index is 0.0136. The summed E-state index contributed by atoms with van der Waals surface area (Å²) in [6, 6.07) is 7.39. The molecule has 2 heterocycles. The van der Waals surface area contributed by atoms with Crippen LogP contribution in [0.4, 0.5) is 0 Å². The highest BCUT2D eigenvalue weighted by Crippen LogP contribution is 2.55. The maximum Gasteiger partial charge on any atom is 0.202 e. The van der Waals surface area contributed by atoms with E-state index < -0.39 is 173 Å². The number of nitrogens with one attached hydrogen (secondary N) is 2. The molecule has 0 radical (unpaired) electrons. The fourth-order valence-electron chi connectivity index (χ4n) is 11.8. The fourth-order valence-corrected chi connectivity index (χ4v) is 11.8. The number of aromatic hydroxyl groups is 4. The van der Waals surface area contributed by atoms with E-state index in [1.165, 1.54) is 57.7 Å². The Morgan fingerprint density at radius 2 is 1.02 bits per heavy atom. The van der Waals surface area contributed by atoms with Crippen molar-refractivity contribution < 1.29 is 103 Å². The van der Waals surface area contributed by atoms with Crippen LogP contribution in [-0.4, -0.2) is 188 Å². The van der Waals surface area contributed by atoms with Crippen molar-refractivity contribution in [2.75, 3.05) is 41.5 Å². The number of phenols is 4. The summed E-state index contributed by atoms with van der Waals surface area (Å²) in [6.07, 6.45) is -9.58. The van der Waals surface area contributed by atoms with Gasteiger partial charge < -0.3 is 96.4 Å². The number of hydrazine groups is 1. The molecular formula is C56H68N6O21. The number of nitrogens with zero attached hydrogens (tertiary/aromatic N) is 1. The van der Waals surface area contributed by atoms with Gasteiger partial charge in [0.05, 0.1) is 96.5 Å². The smallest absolute Gasteiger partial charge is 0.202 e. The predicted molar refractivity (Wildman–Crippen MR) is 288 cm³/mol. The van der Waals surface area contributed by atoms with Crippen molar-refractivity contribution in [3.05, 3.63) is 103 Å². The zero-order chi connectivity index (χ0) is 60.9. The minimum Gasteiger partial charge on any atom is -0.507 e. The van der Waals surface area contributed by atoms with Crippen molar-refractivity contribution in [2.24, 2.45) is 22.4 Å². The second-order valence-corrected chi connectivity index (χ2v) is 21.0. The van der Waals surface area contributed by atoms with Gasteiger partial charge >= 0.3 is 0 Å². The van der Waals surface area contributed by atoms with Crippen molar-refractivity contribution in [1.29, 1.82) is 0 Å². The maximum atomic E-state index is 13.8. The van der Waals surface area contributed by atoms with Crippen LogP contribution < -0.4 is 37.6 Å². The Labute approximate surface area is 474 Å². The number of hydrogen-bond acceptors (Lipinski definition) is 27. The molecule has 18 N–H and O–H groups in total. The molecule has 0 amide bonds. The van der Waals surface area contributed by atoms with E-state index in [1.54, 1.807) is 20.9 Å². The van der Waals surface area contributed by atoms with Crippen LogP contribution in [0.15, 0.2) is 41.5 Å². The zero-order valence-electron chi connectivity index (χ0n) is 46.0. The number of fused-ring (bicyclic) bond motifs is 6. The van der Waals surface area contributed by atoms with Crippen molar-refractivity contribution in [1.82, 2.24) is 10.9 Å². The summed E-state index contributed by atoms with van der Waals surface area (Å²) in [6.45, 7) is 1.52. The standard InChI is InChI=1S/C28H33N3O10.C27H29NO11.CH6N2/c1-11-23(33)14(29)7-18(40-11)41-16-9-28(38,17(10-32)31-30-2)8-13-20(16)27(37)22-21(25(13)35)24(34)12-5-4-6-15(39-3)19(12)26(22)36;1-10-22(31)13(28)6-17(38-10)39-15-8-27(36,16(30)9-29)7-12-19(15)26(35)21-20(24(12)33)23(32)11-4-3-5-14(37-2)18(11)25(21)34;1-3-2/h4-6,11,14,16,18,23,30,32-33,35,37-38H,7-10,29H2,1-3H3;3-5,10,13,15,17,22,29,31,33,35-36H,6-9,28H2,1-2H3;3H,2H2,1H3/b31-17+;;/t11?,14?,16-,18?,23?,28-;10?,13?,15-,17?,22?,27-;/m00./s1. The SMILES string of the molecule is CN/N=C(\CO)[C@]1(O)Cc2c(O)c3c(c(O)c2[C@@H](OC2CC(N)C(O)C(C)O2)C1)C(=O)c1c(OC)cccc1C3=O.CNN.COc1cccc2c1C(=O)c1c(O)c3c(c(O)c1C2=O)C[C@@](O)(C(=O)CO)C[C@@H]3OC1CC(N)C(O)C(C)O1. The monoisotopic (exact) mass is 1160 g/mol. The van der Waals surface area contributed by atoms with E-state index >= 15 is 0 Å². The number of aliphatic hydroxyl groups is 6. The summed E-state index contributed by atoms with van der Waals surface area (Å²) in [4.78, 5) is 67.1. The third-order valence-corrected chi connectivity index (χ3v) is 15.9. The number of Topliss-reactive ketones (excluding diaryl/α,β-unsaturated/α-hetero) is 1. The fraction of sp³-hybridized carbons (Fsp3) is 0.464. The van der Waals surface area contributed by atoms with Gasteiger partial charge in [-0.2, -0.15) is 5.10 Å². The van der Waals surface area contributed by atoms with Gasteiger partial charge in [-0.3, -0.25) is 35.2 Å². The summed E-state index contributed by atoms with van der Waals surface area (Å²) >= 11 is 0. The Kier molecular flexibility index (Phi) is 18.1. The Morgan fingerprint density at radius 3 is 1.39 bits per heavy atom. The van der Waals surface area contributed by atoms with E-state index in [-0.39, 0.29) is 87.4 Å². The lowest BCUT2D eigenvalue weighted by molar-refractivity contribution is -0.247. The number of carbonyl (C=O) groups is 5. The number of nitrogens with two attached hydrogens (primary N) is 3. The van der Waals surface area contributed by atoms with Crippen LogP contribution in [-0.2, 0) is 36.6 Å². The number of ether oxygens (including phenoxy) is 6. The Hall–Kier alpha value is -7.06. The van der Waals surface area contributed by atoms with Crippen LogP contribution in [0.3, 0.4) is 0 Å². The van der Waals surface area contributed by atoms with E-state index in [2.05, 4.69) is 21.8 Å². The number of ketones is 5. The zero-order valence-corrected chi connectivity index (χ0v) is 46.0. The molecular weight excluding hydrogens is 1090 g/mol. The summed E-state index contributed by atoms with van der Waals surface area (Å²) in [5, 5.41) is 113. The first-order valence-electron chi connectivity index (χ1n) is 26.4. The highest BCUT2D eigenvalue weighted by atomic mass is 16.7. The van der Waals surface area contributed by atoms with Crippen molar-refractivity contribution in [3.63, 3.8) is 0 Å². The van der Waals surface area contributed by atoms with Gasteiger partial charge in [0.1, 0.15) is 52.3 Å². The first-order chi connectivity index (χ1) is 39.3. The largest absolute Gasteiger partial charge is 0.507 e. The van der Waals surface area contributed by atoms with Gasteiger partial charge in [0.2, 0.25) is 11.6 Å². The average Bonchev–Trinajstić information content (AvgIpc) is 0.950. The van der Waals surface area contributed by atoms with Crippen LogP contribution in [0.5, 0.6) is 34.5 Å². The molecule has 27 nitrogen and oxygen atoms in total. The van der Waals surface area contributed by atoms with Gasteiger partial charge in [-0.05, 0) is 33.0 Å². The summed E-state index contributed by atoms with van der Waals surface area (Å²) < 4.78 is 34.3. The number of aliphatic hydroxyl groups excluding tert-OH is 4. The molecule has 4 aromatic rings. The van der Waals surface area contributed by atoms with Crippen molar-refractivity contribution in [2.45, 2.75) is 125 Å². The molecule has 8 unspecified atom stereocenters. The molecule has 4 aromatic carbocycles. The van der Waals surface area contributed by atoms with E-state index in [1.807, 2.05) is 0 Å². The van der Waals surface area contributed by atoms with Gasteiger partial charge in [-0.1, -0.05) is 24.3 Å². The van der Waals surface area contributed by atoms with Gasteiger partial charge in [0.25, 0.3) is 0 Å². The Morgan fingerprint density at radius 1 is 0.639 bits per heavy atom. The van der Waals surface area contributed by atoms with Gasteiger partial charge in [0, 0.05) is 91.0 Å². The quantitative estimate of drug-likeness (QED) is 0.0323. The number of carbonyl (C=O) groups excluding carboxylic acids is 5. The normalized spacial score (nSPS) is 28.8. The molecule has 10 rings (SSSR count). The lowest BCUT2D eigenvalue weighted by Crippen LogP contribution is -2.53. The van der Waals surface area contributed by atoms with Gasteiger partial charge in [-0.15, -0.1) is 0 Å². The number of methoxy groups -OCH3 is 2. The van der Waals surface area contributed by atoms with Crippen LogP contribution >= 0.6 is 0 Å². The molecule has 0 spiro atoms. The van der Waals surface area contributed by atoms with E-state index in [0.717, 1.165) is 0 Å². The number of hydrogen-bond donors (Lipinski definition) is 15.